The molecule has 5 heteroatoms. The molecular formula is C18H20N4O. The lowest BCUT2D eigenvalue weighted by molar-refractivity contribution is 0.734. The van der Waals surface area contributed by atoms with E-state index in [2.05, 4.69) is 38.7 Å². The fourth-order valence-electron chi connectivity index (χ4n) is 2.70. The molecule has 1 aliphatic carbocycles. The van der Waals surface area contributed by atoms with Crippen molar-refractivity contribution < 1.29 is 0 Å². The first kappa shape index (κ1) is 15.2. The molecule has 0 unspecified atom stereocenters. The second-order valence-corrected chi connectivity index (χ2v) is 5.69. The molecule has 2 N–H and O–H groups in total. The third kappa shape index (κ3) is 4.16. The van der Waals surface area contributed by atoms with Gasteiger partial charge in [0.1, 0.15) is 0 Å². The lowest BCUT2D eigenvalue weighted by atomic mass is 9.91. The van der Waals surface area contributed by atoms with E-state index in [1.54, 1.807) is 6.92 Å². The van der Waals surface area contributed by atoms with Crippen LogP contribution in [0.5, 0.6) is 0 Å². The maximum absolute atomic E-state index is 11.5. The zero-order valence-corrected chi connectivity index (χ0v) is 13.2. The van der Waals surface area contributed by atoms with Crippen molar-refractivity contribution in [3.05, 3.63) is 63.6 Å². The molecule has 3 rings (SSSR count). The number of hydrogen-bond donors (Lipinski definition) is 2. The summed E-state index contributed by atoms with van der Waals surface area (Å²) in [5.41, 5.74) is 6.83. The van der Waals surface area contributed by atoms with E-state index in [1.165, 1.54) is 23.6 Å². The monoisotopic (exact) mass is 308 g/mol. The van der Waals surface area contributed by atoms with E-state index in [4.69, 9.17) is 0 Å². The van der Waals surface area contributed by atoms with Gasteiger partial charge >= 0.3 is 0 Å². The van der Waals surface area contributed by atoms with Crippen LogP contribution in [0.1, 0.15) is 36.9 Å². The maximum atomic E-state index is 11.5. The minimum atomic E-state index is -0.177. The summed E-state index contributed by atoms with van der Waals surface area (Å²) < 4.78 is 0. The summed E-state index contributed by atoms with van der Waals surface area (Å²) in [5.74, 6) is 0.382. The number of aromatic amines is 1. The standard InChI is InChI=1S/C18H20N4O/c1-13-11-17(23)20-18(19-13)22-21-16-10-6-5-9-15(16)12-14-7-3-2-4-8-14/h2-4,7-8,11-12H,5-6,9-10H2,1H3,(H2,19,20,22,23)/b15-12+,21-16-. The Morgan fingerprint density at radius 1 is 1.22 bits per heavy atom. The highest BCUT2D eigenvalue weighted by Gasteiger charge is 2.13. The van der Waals surface area contributed by atoms with E-state index in [0.29, 0.717) is 11.6 Å². The molecule has 1 aromatic carbocycles. The van der Waals surface area contributed by atoms with Gasteiger partial charge in [-0.05, 0) is 49.8 Å². The van der Waals surface area contributed by atoms with E-state index in [1.807, 2.05) is 18.2 Å². The molecule has 23 heavy (non-hydrogen) atoms. The molecule has 0 radical (unpaired) electrons. The Hall–Kier alpha value is -2.69. The Morgan fingerprint density at radius 2 is 2.00 bits per heavy atom. The van der Waals surface area contributed by atoms with Crippen LogP contribution in [-0.2, 0) is 0 Å². The molecule has 5 nitrogen and oxygen atoms in total. The van der Waals surface area contributed by atoms with Crippen molar-refractivity contribution in [1.29, 1.82) is 0 Å². The van der Waals surface area contributed by atoms with Crippen LogP contribution in [0, 0.1) is 6.92 Å². The van der Waals surface area contributed by atoms with Gasteiger partial charge in [-0.2, -0.15) is 5.10 Å². The SMILES string of the molecule is Cc1cc(=O)[nH]c(N/N=C2/CCCC/C2=C\c2ccccc2)n1. The van der Waals surface area contributed by atoms with Gasteiger partial charge in [0.25, 0.3) is 5.56 Å². The van der Waals surface area contributed by atoms with E-state index in [-0.39, 0.29) is 5.56 Å². The van der Waals surface area contributed by atoms with Crippen LogP contribution in [0.4, 0.5) is 5.95 Å². The zero-order valence-electron chi connectivity index (χ0n) is 13.2. The largest absolute Gasteiger partial charge is 0.291 e. The third-order valence-corrected chi connectivity index (χ3v) is 3.79. The van der Waals surface area contributed by atoms with Crippen LogP contribution in [0.15, 0.2) is 51.9 Å². The second-order valence-electron chi connectivity index (χ2n) is 5.69. The minimum absolute atomic E-state index is 0.177. The van der Waals surface area contributed by atoms with Gasteiger partial charge in [-0.3, -0.25) is 9.78 Å². The van der Waals surface area contributed by atoms with E-state index < -0.39 is 0 Å². The minimum Gasteiger partial charge on any atom is -0.291 e. The number of hydrazone groups is 1. The molecule has 0 amide bonds. The molecule has 0 bridgehead atoms. The Morgan fingerprint density at radius 3 is 2.78 bits per heavy atom. The molecule has 0 saturated heterocycles. The molecule has 1 aromatic heterocycles. The van der Waals surface area contributed by atoms with Crippen molar-refractivity contribution in [2.45, 2.75) is 32.6 Å². The molecule has 2 aromatic rings. The topological polar surface area (TPSA) is 70.1 Å². The number of nitrogens with one attached hydrogen (secondary N) is 2. The van der Waals surface area contributed by atoms with E-state index in [9.17, 15) is 4.79 Å². The van der Waals surface area contributed by atoms with Crippen molar-refractivity contribution in [1.82, 2.24) is 9.97 Å². The lowest BCUT2D eigenvalue weighted by Crippen LogP contribution is -2.14. The lowest BCUT2D eigenvalue weighted by Gasteiger charge is -2.17. The Balaban J connectivity index is 1.83. The van der Waals surface area contributed by atoms with Gasteiger partial charge in [0, 0.05) is 11.8 Å². The summed E-state index contributed by atoms with van der Waals surface area (Å²) in [6.07, 6.45) is 6.45. The molecule has 0 aliphatic heterocycles. The number of nitrogens with zero attached hydrogens (tertiary/aromatic N) is 2. The summed E-state index contributed by atoms with van der Waals surface area (Å²) in [7, 11) is 0. The Kier molecular flexibility index (Phi) is 4.66. The van der Waals surface area contributed by atoms with Gasteiger partial charge < -0.3 is 0 Å². The smallest absolute Gasteiger partial charge is 0.252 e. The molecule has 0 atom stereocenters. The second kappa shape index (κ2) is 7.05. The number of benzene rings is 1. The number of H-pyrrole nitrogens is 1. The number of rotatable bonds is 3. The first-order valence-electron chi connectivity index (χ1n) is 7.87. The number of hydrogen-bond acceptors (Lipinski definition) is 4. The van der Waals surface area contributed by atoms with Gasteiger partial charge in [0.15, 0.2) is 0 Å². The number of aromatic nitrogens is 2. The first-order chi connectivity index (χ1) is 11.2. The highest BCUT2D eigenvalue weighted by molar-refractivity contribution is 6.04. The normalized spacial score (nSPS) is 18.3. The van der Waals surface area contributed by atoms with Crippen LogP contribution in [0.25, 0.3) is 6.08 Å². The molecule has 118 valence electrons. The summed E-state index contributed by atoms with van der Waals surface area (Å²) >= 11 is 0. The van der Waals surface area contributed by atoms with Crippen molar-refractivity contribution >= 4 is 17.7 Å². The average Bonchev–Trinajstić information content (AvgIpc) is 2.54. The predicted octanol–water partition coefficient (Wildman–Crippen LogP) is 3.50. The molecule has 1 aliphatic rings. The average molecular weight is 308 g/mol. The van der Waals surface area contributed by atoms with Gasteiger partial charge in [-0.1, -0.05) is 30.3 Å². The summed E-state index contributed by atoms with van der Waals surface area (Å²) in [6.45, 7) is 1.79. The predicted molar refractivity (Wildman–Crippen MR) is 93.5 cm³/mol. The highest BCUT2D eigenvalue weighted by atomic mass is 16.1. The quantitative estimate of drug-likeness (QED) is 0.853. The Bertz CT molecular complexity index is 790. The highest BCUT2D eigenvalue weighted by Crippen LogP contribution is 2.23. The van der Waals surface area contributed by atoms with Gasteiger partial charge in [0.05, 0.1) is 5.71 Å². The van der Waals surface area contributed by atoms with Crippen LogP contribution in [-0.4, -0.2) is 15.7 Å². The van der Waals surface area contributed by atoms with Crippen molar-refractivity contribution in [3.8, 4) is 0 Å². The number of aryl methyl sites for hydroxylation is 1. The van der Waals surface area contributed by atoms with Crippen LogP contribution < -0.4 is 11.0 Å². The van der Waals surface area contributed by atoms with Crippen LogP contribution >= 0.6 is 0 Å². The number of allylic oxidation sites excluding steroid dienone is 1. The Labute approximate surface area is 135 Å². The van der Waals surface area contributed by atoms with E-state index in [0.717, 1.165) is 25.0 Å². The molecular weight excluding hydrogens is 288 g/mol. The van der Waals surface area contributed by atoms with Crippen LogP contribution in [0.3, 0.4) is 0 Å². The maximum Gasteiger partial charge on any atom is 0.252 e. The molecule has 1 saturated carbocycles. The molecule has 1 heterocycles. The summed E-state index contributed by atoms with van der Waals surface area (Å²) in [6, 6.07) is 11.7. The first-order valence-corrected chi connectivity index (χ1v) is 7.87. The number of anilines is 1. The van der Waals surface area contributed by atoms with Gasteiger partial charge in [-0.15, -0.1) is 0 Å². The van der Waals surface area contributed by atoms with Crippen molar-refractivity contribution in [2.75, 3.05) is 5.43 Å². The fourth-order valence-corrected chi connectivity index (χ4v) is 2.70. The zero-order chi connectivity index (χ0) is 16.1. The third-order valence-electron chi connectivity index (χ3n) is 3.79. The van der Waals surface area contributed by atoms with E-state index >= 15 is 0 Å². The van der Waals surface area contributed by atoms with Crippen molar-refractivity contribution in [3.63, 3.8) is 0 Å². The van der Waals surface area contributed by atoms with Crippen molar-refractivity contribution in [2.24, 2.45) is 5.10 Å². The summed E-state index contributed by atoms with van der Waals surface area (Å²) in [5, 5.41) is 4.48. The van der Waals surface area contributed by atoms with Gasteiger partial charge in [0.2, 0.25) is 5.95 Å². The van der Waals surface area contributed by atoms with Crippen LogP contribution in [0.2, 0.25) is 0 Å². The fraction of sp³-hybridized carbons (Fsp3) is 0.278. The van der Waals surface area contributed by atoms with Gasteiger partial charge in [-0.25, -0.2) is 10.4 Å². The summed E-state index contributed by atoms with van der Waals surface area (Å²) in [4.78, 5) is 18.4. The molecule has 0 spiro atoms. The molecule has 1 fully saturated rings.